The summed E-state index contributed by atoms with van der Waals surface area (Å²) < 4.78 is 22.9. The van der Waals surface area contributed by atoms with Gasteiger partial charge in [-0.05, 0) is 44.0 Å². The Kier molecular flexibility index (Phi) is 5.91. The zero-order valence-corrected chi connectivity index (χ0v) is 18.5. The summed E-state index contributed by atoms with van der Waals surface area (Å²) >= 11 is 1.46. The van der Waals surface area contributed by atoms with Crippen molar-refractivity contribution in [2.45, 2.75) is 32.4 Å². The maximum atomic E-state index is 11.5. The number of thiazole rings is 1. The average molecular weight is 454 g/mol. The van der Waals surface area contributed by atoms with Gasteiger partial charge in [-0.2, -0.15) is 4.98 Å². The summed E-state index contributed by atoms with van der Waals surface area (Å²) in [5.74, 6) is 0.675. The van der Waals surface area contributed by atoms with E-state index in [4.69, 9.17) is 18.6 Å². The number of aromatic nitrogens is 2. The second-order valence-corrected chi connectivity index (χ2v) is 8.60. The number of pyridine rings is 1. The summed E-state index contributed by atoms with van der Waals surface area (Å²) in [5.41, 5.74) is 2.59. The summed E-state index contributed by atoms with van der Waals surface area (Å²) in [6.45, 7) is 4.58. The molecule has 1 aliphatic heterocycles. The number of piperidine rings is 1. The van der Waals surface area contributed by atoms with Crippen LogP contribution in [0, 0.1) is 0 Å². The third-order valence-electron chi connectivity index (χ3n) is 5.43. The maximum Gasteiger partial charge on any atom is 0.508 e. The van der Waals surface area contributed by atoms with Gasteiger partial charge in [0.05, 0.1) is 17.6 Å². The lowest BCUT2D eigenvalue weighted by Crippen LogP contribution is -2.37. The Hall–Kier alpha value is -3.17. The molecule has 166 valence electrons. The van der Waals surface area contributed by atoms with Crippen LogP contribution in [-0.4, -0.2) is 46.8 Å². The molecule has 0 aliphatic carbocycles. The first-order valence-electron chi connectivity index (χ1n) is 10.6. The van der Waals surface area contributed by atoms with E-state index in [9.17, 15) is 4.79 Å². The minimum Gasteiger partial charge on any atom is -0.464 e. The van der Waals surface area contributed by atoms with Crippen molar-refractivity contribution < 1.29 is 23.4 Å². The Morgan fingerprint density at radius 1 is 1.28 bits per heavy atom. The van der Waals surface area contributed by atoms with E-state index in [0.29, 0.717) is 23.2 Å². The zero-order chi connectivity index (χ0) is 21.9. The van der Waals surface area contributed by atoms with E-state index in [2.05, 4.69) is 14.9 Å². The SMILES string of the molecule is CCOC(=O)OC1CCN(Cc2coc3cc(Oc4nc5ncccc5s4)ccc23)CC1. The van der Waals surface area contributed by atoms with Crippen LogP contribution in [0.3, 0.4) is 0 Å². The molecule has 1 aromatic carbocycles. The van der Waals surface area contributed by atoms with E-state index in [1.807, 2.05) is 30.3 Å². The van der Waals surface area contributed by atoms with Gasteiger partial charge < -0.3 is 18.6 Å². The number of fused-ring (bicyclic) bond motifs is 2. The van der Waals surface area contributed by atoms with Crippen molar-refractivity contribution in [2.75, 3.05) is 19.7 Å². The van der Waals surface area contributed by atoms with Gasteiger partial charge >= 0.3 is 6.16 Å². The predicted molar refractivity (Wildman–Crippen MR) is 120 cm³/mol. The van der Waals surface area contributed by atoms with E-state index in [1.165, 1.54) is 11.3 Å². The lowest BCUT2D eigenvalue weighted by atomic mass is 10.1. The van der Waals surface area contributed by atoms with Crippen molar-refractivity contribution in [1.29, 1.82) is 0 Å². The van der Waals surface area contributed by atoms with Crippen molar-refractivity contribution in [2.24, 2.45) is 0 Å². The van der Waals surface area contributed by atoms with Crippen molar-refractivity contribution in [3.05, 3.63) is 48.4 Å². The Labute approximate surface area is 188 Å². The molecule has 1 saturated heterocycles. The fourth-order valence-electron chi connectivity index (χ4n) is 3.86. The van der Waals surface area contributed by atoms with Crippen LogP contribution < -0.4 is 4.74 Å². The van der Waals surface area contributed by atoms with Gasteiger partial charge in [0.25, 0.3) is 5.19 Å². The first-order valence-corrected chi connectivity index (χ1v) is 11.4. The third kappa shape index (κ3) is 4.53. The molecule has 32 heavy (non-hydrogen) atoms. The molecule has 0 radical (unpaired) electrons. The minimum atomic E-state index is -0.577. The predicted octanol–water partition coefficient (Wildman–Crippen LogP) is 5.37. The van der Waals surface area contributed by atoms with Crippen LogP contribution in [0.2, 0.25) is 0 Å². The van der Waals surface area contributed by atoms with E-state index >= 15 is 0 Å². The molecular formula is C23H23N3O5S. The molecule has 0 amide bonds. The Balaban J connectivity index is 1.21. The number of rotatable bonds is 6. The fraction of sp³-hybridized carbons (Fsp3) is 0.348. The highest BCUT2D eigenvalue weighted by Gasteiger charge is 2.23. The lowest BCUT2D eigenvalue weighted by Gasteiger charge is -2.31. The molecule has 0 saturated carbocycles. The highest BCUT2D eigenvalue weighted by atomic mass is 32.1. The van der Waals surface area contributed by atoms with Crippen LogP contribution in [0.25, 0.3) is 21.3 Å². The molecule has 0 N–H and O–H groups in total. The molecule has 5 rings (SSSR count). The Morgan fingerprint density at radius 3 is 2.97 bits per heavy atom. The van der Waals surface area contributed by atoms with Gasteiger partial charge in [0.15, 0.2) is 5.65 Å². The fourth-order valence-corrected chi connectivity index (χ4v) is 4.65. The van der Waals surface area contributed by atoms with E-state index < -0.39 is 6.16 Å². The summed E-state index contributed by atoms with van der Waals surface area (Å²) in [6.07, 6.45) is 4.46. The largest absolute Gasteiger partial charge is 0.508 e. The molecule has 0 bridgehead atoms. The molecule has 4 heterocycles. The van der Waals surface area contributed by atoms with Gasteiger partial charge in [0.2, 0.25) is 0 Å². The van der Waals surface area contributed by atoms with Gasteiger partial charge in [-0.1, -0.05) is 11.3 Å². The first kappa shape index (κ1) is 20.7. The highest BCUT2D eigenvalue weighted by molar-refractivity contribution is 7.20. The molecule has 1 fully saturated rings. The van der Waals surface area contributed by atoms with Gasteiger partial charge in [-0.3, -0.25) is 4.90 Å². The number of hydrogen-bond acceptors (Lipinski definition) is 9. The number of benzene rings is 1. The molecule has 3 aromatic heterocycles. The van der Waals surface area contributed by atoms with Gasteiger partial charge in [-0.15, -0.1) is 0 Å². The molecule has 8 nitrogen and oxygen atoms in total. The second kappa shape index (κ2) is 9.13. The van der Waals surface area contributed by atoms with E-state index in [1.54, 1.807) is 19.4 Å². The molecule has 0 unspecified atom stereocenters. The first-order chi connectivity index (χ1) is 15.7. The van der Waals surface area contributed by atoms with Crippen LogP contribution >= 0.6 is 11.3 Å². The van der Waals surface area contributed by atoms with Gasteiger partial charge in [-0.25, -0.2) is 9.78 Å². The van der Waals surface area contributed by atoms with Crippen LogP contribution in [-0.2, 0) is 16.0 Å². The average Bonchev–Trinajstić information content (AvgIpc) is 3.38. The summed E-state index contributed by atoms with van der Waals surface area (Å²) in [4.78, 5) is 22.5. The van der Waals surface area contributed by atoms with Crippen LogP contribution in [0.1, 0.15) is 25.3 Å². The topological polar surface area (TPSA) is 86.9 Å². The smallest absolute Gasteiger partial charge is 0.464 e. The third-order valence-corrected chi connectivity index (χ3v) is 6.32. The van der Waals surface area contributed by atoms with Crippen molar-refractivity contribution in [1.82, 2.24) is 14.9 Å². The maximum absolute atomic E-state index is 11.5. The van der Waals surface area contributed by atoms with Crippen molar-refractivity contribution in [3.63, 3.8) is 0 Å². The number of carbonyl (C=O) groups is 1. The molecule has 0 spiro atoms. The summed E-state index contributed by atoms with van der Waals surface area (Å²) in [6, 6.07) is 9.70. The molecule has 4 aromatic rings. The highest BCUT2D eigenvalue weighted by Crippen LogP contribution is 2.33. The number of nitrogens with zero attached hydrogens (tertiary/aromatic N) is 3. The number of ether oxygens (including phenoxy) is 3. The Bertz CT molecular complexity index is 1200. The lowest BCUT2D eigenvalue weighted by molar-refractivity contribution is 0.000961. The molecule has 1 aliphatic rings. The molecular weight excluding hydrogens is 430 g/mol. The Morgan fingerprint density at radius 2 is 2.16 bits per heavy atom. The summed E-state index contributed by atoms with van der Waals surface area (Å²) in [7, 11) is 0. The number of likely N-dealkylation sites (tertiary alicyclic amines) is 1. The standard InChI is InChI=1S/C23H23N3O5S/c1-2-28-23(27)31-16-7-10-26(11-8-16)13-15-14-29-19-12-17(5-6-18(15)19)30-22-25-21-20(32-22)4-3-9-24-21/h3-6,9,12,14,16H,2,7-8,10-11,13H2,1H3. The second-order valence-electron chi connectivity index (χ2n) is 7.60. The molecule has 0 atom stereocenters. The zero-order valence-electron chi connectivity index (χ0n) is 17.7. The van der Waals surface area contributed by atoms with Crippen LogP contribution in [0.4, 0.5) is 4.79 Å². The molecule has 9 heteroatoms. The van der Waals surface area contributed by atoms with Crippen molar-refractivity contribution >= 4 is 38.8 Å². The number of hydrogen-bond donors (Lipinski definition) is 0. The number of furan rings is 1. The number of carbonyl (C=O) groups excluding carboxylic acids is 1. The van der Waals surface area contributed by atoms with Crippen LogP contribution in [0.5, 0.6) is 10.9 Å². The summed E-state index contributed by atoms with van der Waals surface area (Å²) in [5, 5.41) is 1.62. The quantitative estimate of drug-likeness (QED) is 0.360. The van der Waals surface area contributed by atoms with E-state index in [0.717, 1.165) is 53.7 Å². The van der Waals surface area contributed by atoms with Crippen molar-refractivity contribution in [3.8, 4) is 10.9 Å². The van der Waals surface area contributed by atoms with Gasteiger partial charge in [0, 0.05) is 42.8 Å². The monoisotopic (exact) mass is 453 g/mol. The minimum absolute atomic E-state index is 0.0798. The van der Waals surface area contributed by atoms with E-state index in [-0.39, 0.29) is 6.10 Å². The van der Waals surface area contributed by atoms with Crippen LogP contribution in [0.15, 0.2) is 47.2 Å². The normalized spacial score (nSPS) is 15.3. The van der Waals surface area contributed by atoms with Gasteiger partial charge in [0.1, 0.15) is 17.4 Å².